The van der Waals surface area contributed by atoms with Crippen LogP contribution in [0.2, 0.25) is 0 Å². The maximum Gasteiger partial charge on any atom is 0.358 e. The monoisotopic (exact) mass is 381 g/mol. The van der Waals surface area contributed by atoms with Gasteiger partial charge >= 0.3 is 5.97 Å². The number of amides is 5. The molecule has 2 aliphatic rings. The van der Waals surface area contributed by atoms with Crippen LogP contribution in [-0.4, -0.2) is 71.8 Å². The van der Waals surface area contributed by atoms with E-state index in [1.54, 1.807) is 0 Å². The number of hydrogen-bond acceptors (Lipinski definition) is 8. The molecule has 11 heteroatoms. The molecule has 0 aromatic carbocycles. The zero-order valence-electron chi connectivity index (χ0n) is 14.5. The summed E-state index contributed by atoms with van der Waals surface area (Å²) >= 11 is 0. The van der Waals surface area contributed by atoms with Crippen LogP contribution in [0.1, 0.15) is 25.7 Å². The van der Waals surface area contributed by atoms with Crippen molar-refractivity contribution in [2.75, 3.05) is 26.3 Å². The third-order valence-electron chi connectivity index (χ3n) is 3.67. The summed E-state index contributed by atoms with van der Waals surface area (Å²) in [5.41, 5.74) is 0. The highest BCUT2D eigenvalue weighted by Crippen LogP contribution is 2.12. The van der Waals surface area contributed by atoms with Gasteiger partial charge in [-0.1, -0.05) is 0 Å². The van der Waals surface area contributed by atoms with Gasteiger partial charge in [0.25, 0.3) is 23.6 Å². The van der Waals surface area contributed by atoms with Gasteiger partial charge in [-0.25, -0.2) is 4.79 Å². The summed E-state index contributed by atoms with van der Waals surface area (Å²) in [5.74, 6) is -3.11. The van der Waals surface area contributed by atoms with E-state index < -0.39 is 36.2 Å². The molecule has 0 aromatic heterocycles. The van der Waals surface area contributed by atoms with Gasteiger partial charge in [-0.05, 0) is 6.42 Å². The number of ether oxygens (including phenoxy) is 1. The Bertz CT molecular complexity index is 653. The average Bonchev–Trinajstić information content (AvgIpc) is 3.11. The normalized spacial score (nSPS) is 16.4. The van der Waals surface area contributed by atoms with E-state index in [0.717, 1.165) is 4.90 Å². The number of carbonyl (C=O) groups is 6. The molecule has 11 nitrogen and oxygen atoms in total. The first-order valence-corrected chi connectivity index (χ1v) is 8.33. The minimum Gasteiger partial charge on any atom is -0.368 e. The first-order chi connectivity index (χ1) is 12.9. The van der Waals surface area contributed by atoms with Gasteiger partial charge in [0, 0.05) is 44.5 Å². The van der Waals surface area contributed by atoms with Gasteiger partial charge in [0.05, 0.1) is 6.61 Å². The molecule has 0 radical (unpaired) electrons. The molecular formula is C16H19N3O8. The fourth-order valence-electron chi connectivity index (χ4n) is 2.34. The number of nitrogens with zero attached hydrogens (tertiary/aromatic N) is 2. The predicted molar refractivity (Wildman–Crippen MR) is 86.1 cm³/mol. The van der Waals surface area contributed by atoms with Crippen LogP contribution in [0.3, 0.4) is 0 Å². The van der Waals surface area contributed by atoms with Gasteiger partial charge in [0.2, 0.25) is 5.91 Å². The molecule has 2 aliphatic heterocycles. The highest BCUT2D eigenvalue weighted by atomic mass is 16.7. The second kappa shape index (κ2) is 9.57. The van der Waals surface area contributed by atoms with Gasteiger partial charge in [0.1, 0.15) is 6.61 Å². The fourth-order valence-corrected chi connectivity index (χ4v) is 2.34. The summed E-state index contributed by atoms with van der Waals surface area (Å²) in [5, 5.41) is 2.98. The molecule has 27 heavy (non-hydrogen) atoms. The van der Waals surface area contributed by atoms with E-state index in [4.69, 9.17) is 4.74 Å². The van der Waals surface area contributed by atoms with Gasteiger partial charge < -0.3 is 14.9 Å². The molecule has 0 aliphatic carbocycles. The highest BCUT2D eigenvalue weighted by molar-refractivity contribution is 6.12. The molecule has 0 aromatic rings. The molecule has 2 heterocycles. The van der Waals surface area contributed by atoms with Crippen molar-refractivity contribution in [3.63, 3.8) is 0 Å². The molecule has 0 atom stereocenters. The number of rotatable bonds is 10. The SMILES string of the molecule is O=C(CCCN1C(=O)C=CC1=O)NCCOCC(=O)ON1C(=O)CCC1=O. The zero-order chi connectivity index (χ0) is 19.8. The topological polar surface area (TPSA) is 139 Å². The Hall–Kier alpha value is -3.08. The lowest BCUT2D eigenvalue weighted by Gasteiger charge is -2.13. The number of hydroxylamine groups is 2. The van der Waals surface area contributed by atoms with Crippen LogP contribution in [0.25, 0.3) is 0 Å². The van der Waals surface area contributed by atoms with Crippen molar-refractivity contribution in [3.05, 3.63) is 12.2 Å². The molecule has 1 fully saturated rings. The maximum absolute atomic E-state index is 11.6. The third kappa shape index (κ3) is 5.99. The van der Waals surface area contributed by atoms with E-state index in [0.29, 0.717) is 11.5 Å². The molecule has 2 rings (SSSR count). The predicted octanol–water partition coefficient (Wildman–Crippen LogP) is -1.57. The number of hydrogen-bond donors (Lipinski definition) is 1. The molecule has 5 amide bonds. The van der Waals surface area contributed by atoms with Crippen LogP contribution in [0.4, 0.5) is 0 Å². The Labute approximate surface area is 154 Å². The van der Waals surface area contributed by atoms with Crippen molar-refractivity contribution in [3.8, 4) is 0 Å². The van der Waals surface area contributed by atoms with E-state index >= 15 is 0 Å². The van der Waals surface area contributed by atoms with Crippen LogP contribution in [0.5, 0.6) is 0 Å². The van der Waals surface area contributed by atoms with E-state index in [9.17, 15) is 28.8 Å². The quantitative estimate of drug-likeness (QED) is 0.354. The number of carbonyl (C=O) groups excluding carboxylic acids is 6. The van der Waals surface area contributed by atoms with Crippen molar-refractivity contribution >= 4 is 35.5 Å². The Morgan fingerprint density at radius 2 is 1.67 bits per heavy atom. The highest BCUT2D eigenvalue weighted by Gasteiger charge is 2.32. The standard InChI is InChI=1S/C16H19N3O8/c20-11(2-1-8-18-12(21)3-4-13(18)22)17-7-9-26-10-16(25)27-19-14(23)5-6-15(19)24/h3-4H,1-2,5-10H2,(H,17,20). The Balaban J connectivity index is 1.50. The fraction of sp³-hybridized carbons (Fsp3) is 0.500. The van der Waals surface area contributed by atoms with Crippen molar-refractivity contribution in [2.45, 2.75) is 25.7 Å². The van der Waals surface area contributed by atoms with Gasteiger partial charge in [-0.3, -0.25) is 28.9 Å². The summed E-state index contributed by atoms with van der Waals surface area (Å²) < 4.78 is 5.00. The Kier molecular flexibility index (Phi) is 7.17. The van der Waals surface area contributed by atoms with E-state index in [1.807, 2.05) is 0 Å². The van der Waals surface area contributed by atoms with Gasteiger partial charge in [0.15, 0.2) is 0 Å². The largest absolute Gasteiger partial charge is 0.368 e. The maximum atomic E-state index is 11.6. The summed E-state index contributed by atoms with van der Waals surface area (Å²) in [6.45, 7) is -0.153. The van der Waals surface area contributed by atoms with Crippen molar-refractivity contribution in [2.24, 2.45) is 0 Å². The molecule has 1 N–H and O–H groups in total. The van der Waals surface area contributed by atoms with E-state index in [-0.39, 0.29) is 44.9 Å². The second-order valence-corrected chi connectivity index (χ2v) is 5.71. The van der Waals surface area contributed by atoms with Gasteiger partial charge in [-0.2, -0.15) is 0 Å². The summed E-state index contributed by atoms with van der Waals surface area (Å²) in [7, 11) is 0. The van der Waals surface area contributed by atoms with E-state index in [2.05, 4.69) is 10.2 Å². The van der Waals surface area contributed by atoms with Crippen LogP contribution in [0.15, 0.2) is 12.2 Å². The van der Waals surface area contributed by atoms with Gasteiger partial charge in [-0.15, -0.1) is 5.06 Å². The van der Waals surface area contributed by atoms with Crippen LogP contribution < -0.4 is 5.32 Å². The van der Waals surface area contributed by atoms with Crippen LogP contribution >= 0.6 is 0 Å². The summed E-state index contributed by atoms with van der Waals surface area (Å²) in [6.07, 6.45) is 2.83. The van der Waals surface area contributed by atoms with Crippen LogP contribution in [-0.2, 0) is 38.3 Å². The average molecular weight is 381 g/mol. The molecule has 1 saturated heterocycles. The zero-order valence-corrected chi connectivity index (χ0v) is 14.5. The smallest absolute Gasteiger partial charge is 0.358 e. The number of nitrogens with one attached hydrogen (secondary N) is 1. The lowest BCUT2D eigenvalue weighted by atomic mass is 10.3. The molecule has 0 unspecified atom stereocenters. The lowest BCUT2D eigenvalue weighted by molar-refractivity contribution is -0.200. The lowest BCUT2D eigenvalue weighted by Crippen LogP contribution is -2.34. The number of imide groups is 2. The van der Waals surface area contributed by atoms with Crippen molar-refractivity contribution in [1.29, 1.82) is 0 Å². The second-order valence-electron chi connectivity index (χ2n) is 5.71. The molecule has 0 spiro atoms. The van der Waals surface area contributed by atoms with Crippen molar-refractivity contribution in [1.82, 2.24) is 15.3 Å². The first-order valence-electron chi connectivity index (χ1n) is 8.33. The summed E-state index contributed by atoms with van der Waals surface area (Å²) in [6, 6.07) is 0. The molecule has 0 saturated carbocycles. The molecule has 146 valence electrons. The minimum absolute atomic E-state index is 0.00952. The van der Waals surface area contributed by atoms with Crippen molar-refractivity contribution < 1.29 is 38.3 Å². The minimum atomic E-state index is -0.890. The third-order valence-corrected chi connectivity index (χ3v) is 3.67. The molecule has 0 bridgehead atoms. The van der Waals surface area contributed by atoms with Crippen LogP contribution in [0, 0.1) is 0 Å². The summed E-state index contributed by atoms with van der Waals surface area (Å²) in [4.78, 5) is 74.0. The Morgan fingerprint density at radius 3 is 2.30 bits per heavy atom. The first kappa shape index (κ1) is 20.2. The Morgan fingerprint density at radius 1 is 1.04 bits per heavy atom. The van der Waals surface area contributed by atoms with E-state index in [1.165, 1.54) is 12.2 Å². The molecular weight excluding hydrogens is 362 g/mol.